The molecule has 0 radical (unpaired) electrons. The van der Waals surface area contributed by atoms with Crippen LogP contribution in [-0.4, -0.2) is 30.5 Å². The summed E-state index contributed by atoms with van der Waals surface area (Å²) in [5.41, 5.74) is 0.542. The van der Waals surface area contributed by atoms with Crippen LogP contribution in [0.4, 0.5) is 0 Å². The van der Waals surface area contributed by atoms with Crippen LogP contribution in [0.2, 0.25) is 0 Å². The van der Waals surface area contributed by atoms with E-state index in [-0.39, 0.29) is 11.7 Å². The van der Waals surface area contributed by atoms with Crippen molar-refractivity contribution in [1.29, 1.82) is 0 Å². The molecular weight excluding hydrogens is 268 g/mol. The third-order valence-electron chi connectivity index (χ3n) is 4.68. The lowest BCUT2D eigenvalue weighted by Gasteiger charge is -2.46. The summed E-state index contributed by atoms with van der Waals surface area (Å²) in [5, 5.41) is 10.5. The molecule has 4 heteroatoms. The first-order valence-electron chi connectivity index (χ1n) is 7.70. The van der Waals surface area contributed by atoms with Crippen molar-refractivity contribution < 1.29 is 19.3 Å². The Morgan fingerprint density at radius 1 is 1.33 bits per heavy atom. The van der Waals surface area contributed by atoms with Crippen molar-refractivity contribution in [3.63, 3.8) is 0 Å². The molecule has 3 rings (SSSR count). The molecule has 3 unspecified atom stereocenters. The standard InChI is InChI=1S/C17H24O4/c1-11(2)16-10-17(6-7-20-16)9-14(18)13-5-4-12(19-3)8-15(13)21-17/h4-5,8,11,14,16,18H,6-7,9-10H2,1-3H3. The Bertz CT molecular complexity index is 514. The number of hydrogen-bond acceptors (Lipinski definition) is 4. The fraction of sp³-hybridized carbons (Fsp3) is 0.647. The van der Waals surface area contributed by atoms with E-state index in [9.17, 15) is 5.11 Å². The van der Waals surface area contributed by atoms with E-state index in [0.29, 0.717) is 18.9 Å². The van der Waals surface area contributed by atoms with Gasteiger partial charge in [0.25, 0.3) is 0 Å². The lowest BCUT2D eigenvalue weighted by Crippen LogP contribution is -2.49. The van der Waals surface area contributed by atoms with Gasteiger partial charge in [-0.15, -0.1) is 0 Å². The predicted octanol–water partition coefficient (Wildman–Crippen LogP) is 3.08. The number of methoxy groups -OCH3 is 1. The van der Waals surface area contributed by atoms with Crippen LogP contribution < -0.4 is 9.47 Å². The molecular formula is C17H24O4. The maximum atomic E-state index is 10.5. The molecule has 1 N–H and O–H groups in total. The zero-order chi connectivity index (χ0) is 15.0. The van der Waals surface area contributed by atoms with Crippen LogP contribution in [-0.2, 0) is 4.74 Å². The van der Waals surface area contributed by atoms with Crippen LogP contribution in [0.25, 0.3) is 0 Å². The van der Waals surface area contributed by atoms with Gasteiger partial charge < -0.3 is 19.3 Å². The minimum absolute atomic E-state index is 0.193. The summed E-state index contributed by atoms with van der Waals surface area (Å²) >= 11 is 0. The number of fused-ring (bicyclic) bond motifs is 1. The van der Waals surface area contributed by atoms with Crippen LogP contribution in [0.3, 0.4) is 0 Å². The maximum absolute atomic E-state index is 10.5. The van der Waals surface area contributed by atoms with Gasteiger partial charge in [-0.2, -0.15) is 0 Å². The highest BCUT2D eigenvalue weighted by Gasteiger charge is 2.45. The molecule has 1 fully saturated rings. The third-order valence-corrected chi connectivity index (χ3v) is 4.68. The molecule has 4 nitrogen and oxygen atoms in total. The number of hydrogen-bond donors (Lipinski definition) is 1. The summed E-state index contributed by atoms with van der Waals surface area (Å²) in [6, 6.07) is 5.63. The first kappa shape index (κ1) is 14.7. The first-order valence-corrected chi connectivity index (χ1v) is 7.70. The first-order chi connectivity index (χ1) is 10.0. The summed E-state index contributed by atoms with van der Waals surface area (Å²) in [7, 11) is 1.64. The Morgan fingerprint density at radius 2 is 2.14 bits per heavy atom. The Labute approximate surface area is 126 Å². The van der Waals surface area contributed by atoms with Crippen molar-refractivity contribution in [2.75, 3.05) is 13.7 Å². The molecule has 1 saturated heterocycles. The zero-order valence-corrected chi connectivity index (χ0v) is 13.0. The van der Waals surface area contributed by atoms with Crippen molar-refractivity contribution in [1.82, 2.24) is 0 Å². The number of benzene rings is 1. The van der Waals surface area contributed by atoms with E-state index in [2.05, 4.69) is 13.8 Å². The molecule has 2 aliphatic rings. The minimum atomic E-state index is -0.481. The van der Waals surface area contributed by atoms with Crippen LogP contribution in [0, 0.1) is 5.92 Å². The number of ether oxygens (including phenoxy) is 3. The van der Waals surface area contributed by atoms with Gasteiger partial charge in [-0.1, -0.05) is 13.8 Å². The molecule has 21 heavy (non-hydrogen) atoms. The minimum Gasteiger partial charge on any atom is -0.497 e. The van der Waals surface area contributed by atoms with E-state index in [0.717, 1.165) is 29.9 Å². The van der Waals surface area contributed by atoms with Gasteiger partial charge in [0, 0.05) is 30.9 Å². The van der Waals surface area contributed by atoms with Crippen molar-refractivity contribution in [3.8, 4) is 11.5 Å². The van der Waals surface area contributed by atoms with Crippen molar-refractivity contribution in [3.05, 3.63) is 23.8 Å². The summed E-state index contributed by atoms with van der Waals surface area (Å²) in [5.74, 6) is 1.96. The smallest absolute Gasteiger partial charge is 0.129 e. The zero-order valence-electron chi connectivity index (χ0n) is 13.0. The van der Waals surface area contributed by atoms with Gasteiger partial charge in [0.2, 0.25) is 0 Å². The van der Waals surface area contributed by atoms with Gasteiger partial charge in [0.15, 0.2) is 0 Å². The second-order valence-electron chi connectivity index (χ2n) is 6.52. The molecule has 0 bridgehead atoms. The average molecular weight is 292 g/mol. The second-order valence-corrected chi connectivity index (χ2v) is 6.52. The highest BCUT2D eigenvalue weighted by molar-refractivity contribution is 5.44. The normalized spacial score (nSPS) is 31.9. The molecule has 1 aromatic rings. The van der Waals surface area contributed by atoms with E-state index in [1.54, 1.807) is 7.11 Å². The predicted molar refractivity (Wildman–Crippen MR) is 79.7 cm³/mol. The summed E-state index contributed by atoms with van der Waals surface area (Å²) in [6.45, 7) is 5.02. The SMILES string of the molecule is COc1ccc2c(c1)OC1(CCOC(C(C)C)C1)CC2O. The van der Waals surface area contributed by atoms with Gasteiger partial charge in [-0.25, -0.2) is 0 Å². The highest BCUT2D eigenvalue weighted by atomic mass is 16.5. The van der Waals surface area contributed by atoms with E-state index in [1.165, 1.54) is 0 Å². The molecule has 0 saturated carbocycles. The quantitative estimate of drug-likeness (QED) is 0.910. The molecule has 2 heterocycles. The van der Waals surface area contributed by atoms with E-state index < -0.39 is 6.10 Å². The van der Waals surface area contributed by atoms with Crippen LogP contribution in [0.5, 0.6) is 11.5 Å². The van der Waals surface area contributed by atoms with Gasteiger partial charge >= 0.3 is 0 Å². The molecule has 1 spiro atoms. The van der Waals surface area contributed by atoms with Crippen LogP contribution >= 0.6 is 0 Å². The van der Waals surface area contributed by atoms with Gasteiger partial charge in [-0.05, 0) is 18.1 Å². The topological polar surface area (TPSA) is 47.9 Å². The van der Waals surface area contributed by atoms with Crippen LogP contribution in [0.1, 0.15) is 44.8 Å². The fourth-order valence-electron chi connectivity index (χ4n) is 3.37. The Morgan fingerprint density at radius 3 is 2.86 bits per heavy atom. The Balaban J connectivity index is 1.89. The average Bonchev–Trinajstić information content (AvgIpc) is 2.46. The van der Waals surface area contributed by atoms with Crippen molar-refractivity contribution >= 4 is 0 Å². The Kier molecular flexibility index (Phi) is 3.84. The van der Waals surface area contributed by atoms with Gasteiger partial charge in [0.05, 0.1) is 25.9 Å². The number of rotatable bonds is 2. The summed E-state index contributed by atoms with van der Waals surface area (Å²) in [4.78, 5) is 0. The van der Waals surface area contributed by atoms with Crippen molar-refractivity contribution in [2.45, 2.75) is 50.9 Å². The Hall–Kier alpha value is -1.26. The largest absolute Gasteiger partial charge is 0.497 e. The van der Waals surface area contributed by atoms with Crippen molar-refractivity contribution in [2.24, 2.45) is 5.92 Å². The molecule has 2 aliphatic heterocycles. The fourth-order valence-corrected chi connectivity index (χ4v) is 3.37. The monoisotopic (exact) mass is 292 g/mol. The summed E-state index contributed by atoms with van der Waals surface area (Å²) < 4.78 is 17.4. The van der Waals surface area contributed by atoms with Crippen LogP contribution in [0.15, 0.2) is 18.2 Å². The molecule has 116 valence electrons. The lowest BCUT2D eigenvalue weighted by atomic mass is 9.79. The van der Waals surface area contributed by atoms with Gasteiger partial charge in [0.1, 0.15) is 17.1 Å². The van der Waals surface area contributed by atoms with Gasteiger partial charge in [-0.3, -0.25) is 0 Å². The molecule has 3 atom stereocenters. The lowest BCUT2D eigenvalue weighted by molar-refractivity contribution is -0.127. The molecule has 0 aromatic heterocycles. The van der Waals surface area contributed by atoms with E-state index >= 15 is 0 Å². The maximum Gasteiger partial charge on any atom is 0.129 e. The second kappa shape index (κ2) is 5.50. The van der Waals surface area contributed by atoms with E-state index in [1.807, 2.05) is 18.2 Å². The third kappa shape index (κ3) is 2.74. The molecule has 0 aliphatic carbocycles. The number of aliphatic hydroxyl groups is 1. The highest BCUT2D eigenvalue weighted by Crippen LogP contribution is 2.46. The molecule has 0 amide bonds. The summed E-state index contributed by atoms with van der Waals surface area (Å²) in [6.07, 6.45) is 2.00. The molecule has 1 aromatic carbocycles. The number of aliphatic hydroxyl groups excluding tert-OH is 1. The van der Waals surface area contributed by atoms with E-state index in [4.69, 9.17) is 14.2 Å².